The molecule has 7 nitrogen and oxygen atoms in total. The van der Waals surface area contributed by atoms with Crippen molar-refractivity contribution in [1.29, 1.82) is 0 Å². The number of hydrogen-bond acceptors (Lipinski definition) is 4. The van der Waals surface area contributed by atoms with Gasteiger partial charge in [-0.2, -0.15) is 13.2 Å². The molecule has 1 atom stereocenters. The first-order valence-corrected chi connectivity index (χ1v) is 15.1. The van der Waals surface area contributed by atoms with E-state index in [4.69, 9.17) is 23.2 Å². The van der Waals surface area contributed by atoms with Gasteiger partial charge in [-0.15, -0.1) is 0 Å². The molecule has 226 valence electrons. The SMILES string of the molecule is CC(C)CNC(=O)[C@@H](C)N(Cc1cccc(Cl)c1)C(=O)CN(c1ccc(Cl)c(C(F)(F)F)c1)S(=O)(=O)c1ccccc1. The number of nitrogens with one attached hydrogen (secondary N) is 1. The predicted octanol–water partition coefficient (Wildman–Crippen LogP) is 6.40. The molecule has 1 N–H and O–H groups in total. The van der Waals surface area contributed by atoms with Crippen molar-refractivity contribution in [2.75, 3.05) is 17.4 Å². The molecule has 3 aromatic rings. The Morgan fingerprint density at radius 2 is 1.60 bits per heavy atom. The van der Waals surface area contributed by atoms with Gasteiger partial charge in [0.2, 0.25) is 11.8 Å². The average molecular weight is 645 g/mol. The van der Waals surface area contributed by atoms with Gasteiger partial charge in [0, 0.05) is 18.1 Å². The molecule has 0 radical (unpaired) electrons. The molecule has 0 aromatic heterocycles. The van der Waals surface area contributed by atoms with E-state index >= 15 is 0 Å². The van der Waals surface area contributed by atoms with Gasteiger partial charge in [0.05, 0.1) is 21.2 Å². The third kappa shape index (κ3) is 8.39. The number of sulfonamides is 1. The molecule has 3 aromatic carbocycles. The summed E-state index contributed by atoms with van der Waals surface area (Å²) in [6.45, 7) is 4.59. The van der Waals surface area contributed by atoms with Crippen molar-refractivity contribution in [2.45, 2.75) is 44.4 Å². The highest BCUT2D eigenvalue weighted by Crippen LogP contribution is 2.38. The molecule has 0 unspecified atom stereocenters. The Labute approximate surface area is 253 Å². The molecule has 0 spiro atoms. The smallest absolute Gasteiger partial charge is 0.354 e. The molecule has 0 saturated carbocycles. The lowest BCUT2D eigenvalue weighted by Crippen LogP contribution is -2.51. The summed E-state index contributed by atoms with van der Waals surface area (Å²) in [7, 11) is -4.55. The van der Waals surface area contributed by atoms with E-state index in [1.165, 1.54) is 31.2 Å². The second-order valence-electron chi connectivity index (χ2n) is 9.95. The van der Waals surface area contributed by atoms with Crippen molar-refractivity contribution < 1.29 is 31.2 Å². The fourth-order valence-corrected chi connectivity index (χ4v) is 5.87. The lowest BCUT2D eigenvalue weighted by molar-refractivity contribution is -0.139. The van der Waals surface area contributed by atoms with Crippen molar-refractivity contribution in [3.8, 4) is 0 Å². The largest absolute Gasteiger partial charge is 0.417 e. The summed E-state index contributed by atoms with van der Waals surface area (Å²) in [4.78, 5) is 27.8. The number of nitrogens with zero attached hydrogens (tertiary/aromatic N) is 2. The number of benzene rings is 3. The third-order valence-corrected chi connectivity index (χ3v) is 8.60. The van der Waals surface area contributed by atoms with Crippen LogP contribution in [-0.2, 0) is 32.3 Å². The Kier molecular flexibility index (Phi) is 10.9. The first kappa shape index (κ1) is 33.2. The zero-order valence-corrected chi connectivity index (χ0v) is 25.4. The quantitative estimate of drug-likeness (QED) is 0.262. The average Bonchev–Trinajstić information content (AvgIpc) is 2.93. The number of halogens is 5. The molecule has 0 fully saturated rings. The molecule has 0 aliphatic heterocycles. The van der Waals surface area contributed by atoms with Gasteiger partial charge in [-0.05, 0) is 60.9 Å². The number of anilines is 1. The highest BCUT2D eigenvalue weighted by molar-refractivity contribution is 7.92. The minimum absolute atomic E-state index is 0.122. The number of alkyl halides is 3. The maximum absolute atomic E-state index is 13.9. The predicted molar refractivity (Wildman–Crippen MR) is 157 cm³/mol. The molecule has 0 heterocycles. The summed E-state index contributed by atoms with van der Waals surface area (Å²) in [6.07, 6.45) is -4.89. The van der Waals surface area contributed by atoms with Crippen LogP contribution in [0.25, 0.3) is 0 Å². The third-order valence-electron chi connectivity index (χ3n) is 6.25. The van der Waals surface area contributed by atoms with E-state index in [-0.39, 0.29) is 17.4 Å². The number of rotatable bonds is 11. The molecule has 0 aliphatic rings. The van der Waals surface area contributed by atoms with E-state index in [2.05, 4.69) is 5.32 Å². The van der Waals surface area contributed by atoms with Crippen molar-refractivity contribution in [2.24, 2.45) is 5.92 Å². The van der Waals surface area contributed by atoms with Crippen LogP contribution in [-0.4, -0.2) is 44.3 Å². The monoisotopic (exact) mass is 643 g/mol. The number of amides is 2. The van der Waals surface area contributed by atoms with Crippen LogP contribution in [0.4, 0.5) is 18.9 Å². The number of carbonyl (C=O) groups excluding carboxylic acids is 2. The highest BCUT2D eigenvalue weighted by Gasteiger charge is 2.37. The van der Waals surface area contributed by atoms with Crippen LogP contribution in [0.15, 0.2) is 77.7 Å². The van der Waals surface area contributed by atoms with Crippen molar-refractivity contribution in [1.82, 2.24) is 10.2 Å². The molecule has 0 aliphatic carbocycles. The molecular formula is C29H30Cl2F3N3O4S. The van der Waals surface area contributed by atoms with Crippen LogP contribution in [0.3, 0.4) is 0 Å². The van der Waals surface area contributed by atoms with Gasteiger partial charge >= 0.3 is 6.18 Å². The molecular weight excluding hydrogens is 614 g/mol. The fraction of sp³-hybridized carbons (Fsp3) is 0.310. The Hall–Kier alpha value is -3.28. The van der Waals surface area contributed by atoms with E-state index in [1.54, 1.807) is 30.3 Å². The summed E-state index contributed by atoms with van der Waals surface area (Å²) < 4.78 is 69.3. The van der Waals surface area contributed by atoms with E-state index in [9.17, 15) is 31.2 Å². The van der Waals surface area contributed by atoms with Crippen molar-refractivity contribution in [3.05, 3.63) is 94.0 Å². The summed E-state index contributed by atoms with van der Waals surface area (Å²) in [5.41, 5.74) is -1.13. The summed E-state index contributed by atoms with van der Waals surface area (Å²) in [5.74, 6) is -1.19. The molecule has 0 saturated heterocycles. The lowest BCUT2D eigenvalue weighted by Gasteiger charge is -2.32. The van der Waals surface area contributed by atoms with E-state index in [1.807, 2.05) is 13.8 Å². The standard InChI is InChI=1S/C29H30Cl2F3N3O4S/c1-19(2)16-35-28(39)20(3)36(17-21-8-7-9-22(30)14-21)27(38)18-37(42(40,41)24-10-5-4-6-11-24)23-12-13-26(31)25(15-23)29(32,33)34/h4-15,19-20H,16-18H2,1-3H3,(H,35,39)/t20-/m1/s1. The van der Waals surface area contributed by atoms with Gasteiger partial charge in [0.1, 0.15) is 12.6 Å². The van der Waals surface area contributed by atoms with Gasteiger partial charge in [-0.25, -0.2) is 8.42 Å². The van der Waals surface area contributed by atoms with Gasteiger partial charge in [-0.3, -0.25) is 13.9 Å². The molecule has 42 heavy (non-hydrogen) atoms. The molecule has 0 bridgehead atoms. The number of hydrogen-bond donors (Lipinski definition) is 1. The number of carbonyl (C=O) groups is 2. The van der Waals surface area contributed by atoms with Gasteiger partial charge < -0.3 is 10.2 Å². The van der Waals surface area contributed by atoms with Gasteiger partial charge in [0.15, 0.2) is 0 Å². The van der Waals surface area contributed by atoms with Crippen LogP contribution in [0.2, 0.25) is 10.0 Å². The second kappa shape index (κ2) is 13.8. The van der Waals surface area contributed by atoms with E-state index in [0.717, 1.165) is 17.0 Å². The molecule has 13 heteroatoms. The first-order chi connectivity index (χ1) is 19.6. The van der Waals surface area contributed by atoms with Crippen LogP contribution >= 0.6 is 23.2 Å². The highest BCUT2D eigenvalue weighted by atomic mass is 35.5. The van der Waals surface area contributed by atoms with E-state index in [0.29, 0.717) is 27.5 Å². The Morgan fingerprint density at radius 1 is 0.929 bits per heavy atom. The minimum Gasteiger partial charge on any atom is -0.354 e. The summed E-state index contributed by atoms with van der Waals surface area (Å²) in [5, 5.41) is 2.50. The first-order valence-electron chi connectivity index (χ1n) is 12.9. The van der Waals surface area contributed by atoms with Gasteiger partial charge in [-0.1, -0.05) is 67.4 Å². The van der Waals surface area contributed by atoms with Gasteiger partial charge in [0.25, 0.3) is 10.0 Å². The van der Waals surface area contributed by atoms with E-state index < -0.39 is 56.9 Å². The summed E-state index contributed by atoms with van der Waals surface area (Å²) >= 11 is 11.9. The summed E-state index contributed by atoms with van der Waals surface area (Å²) in [6, 6.07) is 15.1. The van der Waals surface area contributed by atoms with Crippen molar-refractivity contribution in [3.63, 3.8) is 0 Å². The zero-order valence-electron chi connectivity index (χ0n) is 23.0. The fourth-order valence-electron chi connectivity index (χ4n) is 4.00. The molecule has 2 amide bonds. The van der Waals surface area contributed by atoms with Crippen LogP contribution in [0.5, 0.6) is 0 Å². The van der Waals surface area contributed by atoms with Crippen LogP contribution < -0.4 is 9.62 Å². The zero-order chi connectivity index (χ0) is 31.2. The minimum atomic E-state index is -4.89. The Morgan fingerprint density at radius 3 is 2.19 bits per heavy atom. The topological polar surface area (TPSA) is 86.8 Å². The normalized spacial score (nSPS) is 12.6. The van der Waals surface area contributed by atoms with Crippen LogP contribution in [0, 0.1) is 5.92 Å². The van der Waals surface area contributed by atoms with Crippen molar-refractivity contribution >= 4 is 50.7 Å². The second-order valence-corrected chi connectivity index (χ2v) is 12.7. The Bertz CT molecular complexity index is 1520. The maximum Gasteiger partial charge on any atom is 0.417 e. The maximum atomic E-state index is 13.9. The Balaban J connectivity index is 2.09. The van der Waals surface area contributed by atoms with Crippen LogP contribution in [0.1, 0.15) is 31.9 Å². The molecule has 3 rings (SSSR count). The lowest BCUT2D eigenvalue weighted by atomic mass is 10.1.